The lowest BCUT2D eigenvalue weighted by Crippen LogP contribution is -2.26. The van der Waals surface area contributed by atoms with E-state index < -0.39 is 0 Å². The molecular weight excluding hydrogens is 282 g/mol. The number of methoxy groups -OCH3 is 2. The lowest BCUT2D eigenvalue weighted by molar-refractivity contribution is 0.147. The molecule has 17 heavy (non-hydrogen) atoms. The van der Waals surface area contributed by atoms with Gasteiger partial charge in [-0.1, -0.05) is 22.9 Å². The minimum Gasteiger partial charge on any atom is -0.497 e. The number of likely N-dealkylation sites (N-methyl/N-ethyl adjacent to an activating group) is 1. The average molecular weight is 302 g/mol. The van der Waals surface area contributed by atoms with Gasteiger partial charge in [0.05, 0.1) is 13.7 Å². The maximum absolute atomic E-state index is 5.24. The highest BCUT2D eigenvalue weighted by atomic mass is 79.9. The summed E-state index contributed by atoms with van der Waals surface area (Å²) in [5.41, 5.74) is 1.24. The van der Waals surface area contributed by atoms with E-state index in [9.17, 15) is 0 Å². The van der Waals surface area contributed by atoms with Gasteiger partial charge in [-0.3, -0.25) is 4.90 Å². The van der Waals surface area contributed by atoms with Gasteiger partial charge in [0.1, 0.15) is 5.75 Å². The molecule has 4 heteroatoms. The van der Waals surface area contributed by atoms with Crippen LogP contribution < -0.4 is 4.74 Å². The van der Waals surface area contributed by atoms with E-state index in [-0.39, 0.29) is 0 Å². The first-order chi connectivity index (χ1) is 8.21. The van der Waals surface area contributed by atoms with E-state index in [1.807, 2.05) is 12.1 Å². The monoisotopic (exact) mass is 301 g/mol. The Hall–Kier alpha value is -0.580. The summed E-state index contributed by atoms with van der Waals surface area (Å²) in [6, 6.07) is 6.05. The Morgan fingerprint density at radius 3 is 2.65 bits per heavy atom. The zero-order valence-electron chi connectivity index (χ0n) is 10.7. The van der Waals surface area contributed by atoms with Crippen molar-refractivity contribution in [3.8, 4) is 5.75 Å². The van der Waals surface area contributed by atoms with E-state index in [1.165, 1.54) is 5.56 Å². The Balaban J connectivity index is 2.70. The Kier molecular flexibility index (Phi) is 6.55. The van der Waals surface area contributed by atoms with Gasteiger partial charge in [-0.2, -0.15) is 0 Å². The fraction of sp³-hybridized carbons (Fsp3) is 0.538. The van der Waals surface area contributed by atoms with Crippen LogP contribution in [0, 0.1) is 0 Å². The zero-order valence-corrected chi connectivity index (χ0v) is 12.3. The van der Waals surface area contributed by atoms with Crippen molar-refractivity contribution >= 4 is 15.9 Å². The van der Waals surface area contributed by atoms with Gasteiger partial charge < -0.3 is 9.47 Å². The molecule has 1 rings (SSSR count). The van der Waals surface area contributed by atoms with Crippen molar-refractivity contribution in [2.45, 2.75) is 13.5 Å². The second kappa shape index (κ2) is 7.69. The largest absolute Gasteiger partial charge is 0.497 e. The molecule has 0 heterocycles. The summed E-state index contributed by atoms with van der Waals surface area (Å²) in [4.78, 5) is 2.34. The minimum atomic E-state index is 0.759. The first-order valence-corrected chi connectivity index (χ1v) is 6.54. The maximum Gasteiger partial charge on any atom is 0.119 e. The van der Waals surface area contributed by atoms with Gasteiger partial charge in [0.25, 0.3) is 0 Å². The molecule has 1 aromatic rings. The molecule has 0 aliphatic rings. The van der Waals surface area contributed by atoms with Crippen molar-refractivity contribution in [1.82, 2.24) is 4.90 Å². The van der Waals surface area contributed by atoms with Crippen molar-refractivity contribution in [1.29, 1.82) is 0 Å². The van der Waals surface area contributed by atoms with E-state index in [4.69, 9.17) is 9.47 Å². The molecule has 0 fully saturated rings. The lowest BCUT2D eigenvalue weighted by Gasteiger charge is -2.21. The Bertz CT molecular complexity index is 344. The van der Waals surface area contributed by atoms with Crippen LogP contribution >= 0.6 is 15.9 Å². The Morgan fingerprint density at radius 2 is 2.06 bits per heavy atom. The summed E-state index contributed by atoms with van der Waals surface area (Å²) in [5, 5.41) is 0. The van der Waals surface area contributed by atoms with Crippen LogP contribution in [0.2, 0.25) is 0 Å². The van der Waals surface area contributed by atoms with Gasteiger partial charge >= 0.3 is 0 Å². The van der Waals surface area contributed by atoms with Crippen LogP contribution in [0.3, 0.4) is 0 Å². The SMILES string of the molecule is CCN(CCOC)Cc1cc(OC)ccc1Br. The number of halogens is 1. The third-order valence-electron chi connectivity index (χ3n) is 2.71. The van der Waals surface area contributed by atoms with Crippen molar-refractivity contribution in [3.05, 3.63) is 28.2 Å². The quantitative estimate of drug-likeness (QED) is 0.773. The number of nitrogens with zero attached hydrogens (tertiary/aromatic N) is 1. The summed E-state index contributed by atoms with van der Waals surface area (Å²) in [7, 11) is 3.42. The van der Waals surface area contributed by atoms with Crippen molar-refractivity contribution < 1.29 is 9.47 Å². The number of ether oxygens (including phenoxy) is 2. The van der Waals surface area contributed by atoms with Gasteiger partial charge in [-0.25, -0.2) is 0 Å². The summed E-state index contributed by atoms with van der Waals surface area (Å²) in [5.74, 6) is 0.894. The van der Waals surface area contributed by atoms with Gasteiger partial charge in [-0.15, -0.1) is 0 Å². The highest BCUT2D eigenvalue weighted by molar-refractivity contribution is 9.10. The summed E-state index contributed by atoms with van der Waals surface area (Å²) in [6.45, 7) is 5.76. The predicted octanol–water partition coefficient (Wildman–Crippen LogP) is 2.93. The third-order valence-corrected chi connectivity index (χ3v) is 3.48. The maximum atomic E-state index is 5.24. The third kappa shape index (κ3) is 4.66. The van der Waals surface area contributed by atoms with E-state index >= 15 is 0 Å². The molecule has 0 aromatic heterocycles. The van der Waals surface area contributed by atoms with Crippen LogP contribution in [-0.2, 0) is 11.3 Å². The van der Waals surface area contributed by atoms with Crippen LogP contribution in [0.5, 0.6) is 5.75 Å². The number of hydrogen-bond acceptors (Lipinski definition) is 3. The zero-order chi connectivity index (χ0) is 12.7. The van der Waals surface area contributed by atoms with Gasteiger partial charge in [0.2, 0.25) is 0 Å². The van der Waals surface area contributed by atoms with E-state index in [2.05, 4.69) is 33.8 Å². The van der Waals surface area contributed by atoms with Crippen molar-refractivity contribution in [2.24, 2.45) is 0 Å². The molecule has 0 bridgehead atoms. The molecule has 0 spiro atoms. The summed E-state index contributed by atoms with van der Waals surface area (Å²) < 4.78 is 11.5. The Morgan fingerprint density at radius 1 is 1.29 bits per heavy atom. The van der Waals surface area contributed by atoms with Crippen LogP contribution in [0.25, 0.3) is 0 Å². The van der Waals surface area contributed by atoms with Crippen molar-refractivity contribution in [2.75, 3.05) is 33.9 Å². The van der Waals surface area contributed by atoms with Gasteiger partial charge in [-0.05, 0) is 30.3 Å². The standard InChI is InChI=1S/C13H20BrNO2/c1-4-15(7-8-16-2)10-11-9-12(17-3)5-6-13(11)14/h5-6,9H,4,7-8,10H2,1-3H3. The van der Waals surface area contributed by atoms with Crippen molar-refractivity contribution in [3.63, 3.8) is 0 Å². The van der Waals surface area contributed by atoms with E-state index in [1.54, 1.807) is 14.2 Å². The van der Waals surface area contributed by atoms with Crippen LogP contribution in [-0.4, -0.2) is 38.8 Å². The minimum absolute atomic E-state index is 0.759. The number of rotatable bonds is 7. The molecule has 0 atom stereocenters. The molecule has 0 amide bonds. The number of benzene rings is 1. The van der Waals surface area contributed by atoms with Crippen LogP contribution in [0.4, 0.5) is 0 Å². The molecule has 96 valence electrons. The molecule has 0 radical (unpaired) electrons. The lowest BCUT2D eigenvalue weighted by atomic mass is 10.2. The average Bonchev–Trinajstić information content (AvgIpc) is 2.36. The van der Waals surface area contributed by atoms with E-state index in [0.29, 0.717) is 0 Å². The number of hydrogen-bond donors (Lipinski definition) is 0. The predicted molar refractivity (Wildman–Crippen MR) is 73.5 cm³/mol. The molecule has 0 aliphatic heterocycles. The second-order valence-electron chi connectivity index (χ2n) is 3.82. The first-order valence-electron chi connectivity index (χ1n) is 5.75. The molecule has 3 nitrogen and oxygen atoms in total. The highest BCUT2D eigenvalue weighted by Crippen LogP contribution is 2.23. The first kappa shape index (κ1) is 14.5. The molecular formula is C13H20BrNO2. The smallest absolute Gasteiger partial charge is 0.119 e. The molecule has 0 unspecified atom stereocenters. The Labute approximate surface area is 112 Å². The summed E-state index contributed by atoms with van der Waals surface area (Å²) >= 11 is 3.57. The molecule has 0 saturated carbocycles. The topological polar surface area (TPSA) is 21.7 Å². The highest BCUT2D eigenvalue weighted by Gasteiger charge is 2.07. The van der Waals surface area contributed by atoms with Gasteiger partial charge in [0.15, 0.2) is 0 Å². The summed E-state index contributed by atoms with van der Waals surface area (Å²) in [6.07, 6.45) is 0. The molecule has 1 aromatic carbocycles. The fourth-order valence-electron chi connectivity index (χ4n) is 1.61. The van der Waals surface area contributed by atoms with Crippen LogP contribution in [0.15, 0.2) is 22.7 Å². The molecule has 0 saturated heterocycles. The second-order valence-corrected chi connectivity index (χ2v) is 4.67. The fourth-order valence-corrected chi connectivity index (χ4v) is 1.98. The molecule has 0 N–H and O–H groups in total. The van der Waals surface area contributed by atoms with Crippen LogP contribution in [0.1, 0.15) is 12.5 Å². The van der Waals surface area contributed by atoms with E-state index in [0.717, 1.165) is 36.5 Å². The molecule has 0 aliphatic carbocycles. The normalized spacial score (nSPS) is 10.9. The van der Waals surface area contributed by atoms with Gasteiger partial charge in [0, 0.05) is 24.7 Å².